The van der Waals surface area contributed by atoms with Crippen molar-refractivity contribution in [2.45, 2.75) is 99.0 Å². The molecule has 1 nitrogen and oxygen atoms in total. The Morgan fingerprint density at radius 1 is 0.931 bits per heavy atom. The minimum atomic E-state index is -0.0476. The summed E-state index contributed by atoms with van der Waals surface area (Å²) in [5, 5.41) is 10.2. The molecular formula is C28H46O. The highest BCUT2D eigenvalue weighted by Gasteiger charge is 2.57. The lowest BCUT2D eigenvalue weighted by molar-refractivity contribution is -0.0414. The fourth-order valence-corrected chi connectivity index (χ4v) is 8.10. The van der Waals surface area contributed by atoms with Crippen molar-refractivity contribution in [2.24, 2.45) is 52.3 Å². The number of allylic oxidation sites excluding steroid dienone is 4. The van der Waals surface area contributed by atoms with Crippen LogP contribution in [-0.2, 0) is 0 Å². The van der Waals surface area contributed by atoms with E-state index in [1.807, 2.05) is 5.57 Å². The maximum Gasteiger partial charge on any atom is 0.0543 e. The van der Waals surface area contributed by atoms with E-state index in [1.165, 1.54) is 38.5 Å². The number of hydrogen-bond acceptors (Lipinski definition) is 1. The smallest absolute Gasteiger partial charge is 0.0543 e. The SMILES string of the molecule is CC(C)[C@H](C)/C=C/[C@H](C)[C@@H]1CC[C@@H]2C3=CC[C@@H]4C[C@@H](O)CC[C@]4(C)[C@@H]3CC[C@@]21C. The van der Waals surface area contributed by atoms with Gasteiger partial charge in [-0.2, -0.15) is 0 Å². The molecule has 0 saturated heterocycles. The summed E-state index contributed by atoms with van der Waals surface area (Å²) in [5.74, 6) is 5.25. The molecule has 29 heavy (non-hydrogen) atoms. The van der Waals surface area contributed by atoms with Crippen LogP contribution in [0.1, 0.15) is 92.9 Å². The molecule has 1 N–H and O–H groups in total. The number of aliphatic hydroxyl groups excluding tert-OH is 1. The Kier molecular flexibility index (Phi) is 5.86. The number of rotatable bonds is 4. The number of hydrogen-bond donors (Lipinski definition) is 1. The van der Waals surface area contributed by atoms with Gasteiger partial charge in [0.15, 0.2) is 0 Å². The molecule has 0 aromatic rings. The summed E-state index contributed by atoms with van der Waals surface area (Å²) in [5.41, 5.74) is 2.79. The van der Waals surface area contributed by atoms with Gasteiger partial charge in [0, 0.05) is 0 Å². The van der Waals surface area contributed by atoms with Crippen molar-refractivity contribution < 1.29 is 5.11 Å². The summed E-state index contributed by atoms with van der Waals surface area (Å²) in [6.07, 6.45) is 17.8. The van der Waals surface area contributed by atoms with Crippen LogP contribution in [0.15, 0.2) is 23.8 Å². The minimum Gasteiger partial charge on any atom is -0.393 e. The second-order valence-corrected chi connectivity index (χ2v) is 12.3. The Morgan fingerprint density at radius 2 is 1.62 bits per heavy atom. The third-order valence-electron chi connectivity index (χ3n) is 10.5. The zero-order valence-electron chi connectivity index (χ0n) is 20.0. The van der Waals surface area contributed by atoms with Crippen LogP contribution in [0.25, 0.3) is 0 Å². The van der Waals surface area contributed by atoms with E-state index >= 15 is 0 Å². The zero-order chi connectivity index (χ0) is 21.0. The first-order valence-electron chi connectivity index (χ1n) is 12.7. The Bertz CT molecular complexity index is 659. The third-order valence-corrected chi connectivity index (χ3v) is 10.5. The van der Waals surface area contributed by atoms with Crippen LogP contribution < -0.4 is 0 Å². The average molecular weight is 399 g/mol. The van der Waals surface area contributed by atoms with Gasteiger partial charge >= 0.3 is 0 Å². The van der Waals surface area contributed by atoms with Gasteiger partial charge < -0.3 is 5.11 Å². The van der Waals surface area contributed by atoms with Crippen LogP contribution in [0.4, 0.5) is 0 Å². The van der Waals surface area contributed by atoms with E-state index in [2.05, 4.69) is 59.8 Å². The van der Waals surface area contributed by atoms with Crippen molar-refractivity contribution in [1.82, 2.24) is 0 Å². The molecular weight excluding hydrogens is 352 g/mol. The van der Waals surface area contributed by atoms with E-state index < -0.39 is 0 Å². The van der Waals surface area contributed by atoms with Crippen LogP contribution in [0.5, 0.6) is 0 Å². The molecule has 0 aromatic heterocycles. The topological polar surface area (TPSA) is 20.2 Å². The molecule has 0 aliphatic heterocycles. The van der Waals surface area contributed by atoms with E-state index in [0.717, 1.165) is 36.5 Å². The quantitative estimate of drug-likeness (QED) is 0.489. The predicted molar refractivity (Wildman–Crippen MR) is 124 cm³/mol. The lowest BCUT2D eigenvalue weighted by atomic mass is 9.47. The van der Waals surface area contributed by atoms with Crippen molar-refractivity contribution in [2.75, 3.05) is 0 Å². The third kappa shape index (κ3) is 3.58. The van der Waals surface area contributed by atoms with Crippen LogP contribution in [0.3, 0.4) is 0 Å². The maximum atomic E-state index is 10.2. The summed E-state index contributed by atoms with van der Waals surface area (Å²) in [7, 11) is 0. The van der Waals surface area contributed by atoms with Gasteiger partial charge in [-0.3, -0.25) is 0 Å². The summed E-state index contributed by atoms with van der Waals surface area (Å²) >= 11 is 0. The van der Waals surface area contributed by atoms with Crippen LogP contribution in [-0.4, -0.2) is 11.2 Å². The highest BCUT2D eigenvalue weighted by atomic mass is 16.3. The first-order chi connectivity index (χ1) is 13.7. The van der Waals surface area contributed by atoms with Gasteiger partial charge in [0.25, 0.3) is 0 Å². The molecule has 0 amide bonds. The highest BCUT2D eigenvalue weighted by Crippen LogP contribution is 2.66. The lowest BCUT2D eigenvalue weighted by Gasteiger charge is -2.57. The molecule has 1 heteroatoms. The van der Waals surface area contributed by atoms with Gasteiger partial charge in [-0.25, -0.2) is 0 Å². The number of fused-ring (bicyclic) bond motifs is 5. The molecule has 3 saturated carbocycles. The van der Waals surface area contributed by atoms with Crippen LogP contribution in [0, 0.1) is 52.3 Å². The number of aliphatic hydroxyl groups is 1. The van der Waals surface area contributed by atoms with Gasteiger partial charge in [-0.1, -0.05) is 65.3 Å². The minimum absolute atomic E-state index is 0.0476. The highest BCUT2D eigenvalue weighted by molar-refractivity contribution is 5.28. The Balaban J connectivity index is 1.54. The van der Waals surface area contributed by atoms with Gasteiger partial charge in [-0.05, 0) is 104 Å². The first kappa shape index (κ1) is 21.7. The monoisotopic (exact) mass is 398 g/mol. The molecule has 4 aliphatic rings. The van der Waals surface area contributed by atoms with E-state index in [1.54, 1.807) is 0 Å². The Morgan fingerprint density at radius 3 is 2.34 bits per heavy atom. The summed E-state index contributed by atoms with van der Waals surface area (Å²) in [6, 6.07) is 0. The molecule has 9 atom stereocenters. The summed E-state index contributed by atoms with van der Waals surface area (Å²) in [6.45, 7) is 14.7. The molecule has 4 aliphatic carbocycles. The Hall–Kier alpha value is -0.560. The first-order valence-corrected chi connectivity index (χ1v) is 12.7. The summed E-state index contributed by atoms with van der Waals surface area (Å²) < 4.78 is 0. The van der Waals surface area contributed by atoms with Gasteiger partial charge in [0.2, 0.25) is 0 Å². The van der Waals surface area contributed by atoms with Crippen molar-refractivity contribution in [3.05, 3.63) is 23.8 Å². The van der Waals surface area contributed by atoms with Crippen LogP contribution in [0.2, 0.25) is 0 Å². The van der Waals surface area contributed by atoms with Gasteiger partial charge in [-0.15, -0.1) is 0 Å². The van der Waals surface area contributed by atoms with Gasteiger partial charge in [0.05, 0.1) is 6.10 Å². The lowest BCUT2D eigenvalue weighted by Crippen LogP contribution is -2.49. The van der Waals surface area contributed by atoms with E-state index in [-0.39, 0.29) is 6.10 Å². The maximum absolute atomic E-state index is 10.2. The molecule has 0 spiro atoms. The second-order valence-electron chi connectivity index (χ2n) is 12.3. The summed E-state index contributed by atoms with van der Waals surface area (Å²) in [4.78, 5) is 0. The molecule has 4 rings (SSSR count). The van der Waals surface area contributed by atoms with Crippen molar-refractivity contribution in [1.29, 1.82) is 0 Å². The van der Waals surface area contributed by atoms with E-state index in [9.17, 15) is 5.11 Å². The molecule has 164 valence electrons. The Labute approximate surface area is 180 Å². The molecule has 0 heterocycles. The fraction of sp³-hybridized carbons (Fsp3) is 0.857. The van der Waals surface area contributed by atoms with Gasteiger partial charge in [0.1, 0.15) is 0 Å². The largest absolute Gasteiger partial charge is 0.393 e. The van der Waals surface area contributed by atoms with Crippen molar-refractivity contribution in [3.8, 4) is 0 Å². The van der Waals surface area contributed by atoms with E-state index in [4.69, 9.17) is 0 Å². The predicted octanol–water partition coefficient (Wildman–Crippen LogP) is 7.41. The standard InChI is InChI=1S/C28H46O/c1-18(2)19(3)7-8-20(4)24-11-12-25-23-10-9-21-17-22(29)13-15-27(21,5)26(23)14-16-28(24,25)6/h7-8,10,18-22,24-26,29H,9,11-17H2,1-6H3/b8-7+/t19-,20+,21-,22+,24+,25-,26-,27+,28-/m1/s1. The van der Waals surface area contributed by atoms with Crippen molar-refractivity contribution >= 4 is 0 Å². The molecule has 0 aromatic carbocycles. The van der Waals surface area contributed by atoms with E-state index in [0.29, 0.717) is 28.6 Å². The van der Waals surface area contributed by atoms with Crippen molar-refractivity contribution in [3.63, 3.8) is 0 Å². The molecule has 3 fully saturated rings. The second kappa shape index (κ2) is 7.85. The molecule has 0 bridgehead atoms. The zero-order valence-corrected chi connectivity index (χ0v) is 20.0. The fourth-order valence-electron chi connectivity index (χ4n) is 8.10. The normalized spacial score (nSPS) is 46.8. The average Bonchev–Trinajstić information content (AvgIpc) is 3.03. The van der Waals surface area contributed by atoms with Crippen LogP contribution >= 0.6 is 0 Å². The molecule has 0 unspecified atom stereocenters. The molecule has 0 radical (unpaired) electrons.